The van der Waals surface area contributed by atoms with Crippen molar-refractivity contribution in [3.63, 3.8) is 0 Å². The Kier molecular flexibility index (Phi) is 21.7. The van der Waals surface area contributed by atoms with Gasteiger partial charge in [-0.3, -0.25) is 88.2 Å². The van der Waals surface area contributed by atoms with Gasteiger partial charge in [-0.1, -0.05) is 58.8 Å². The smallest absolute Gasteiger partial charge is 0.262 e. The lowest BCUT2D eigenvalue weighted by atomic mass is 10.0. The summed E-state index contributed by atoms with van der Waals surface area (Å²) in [5.41, 5.74) is 13.5. The third-order valence-electron chi connectivity index (χ3n) is 13.9. The maximum Gasteiger partial charge on any atom is 0.262 e. The number of nitrogens with zero attached hydrogens (tertiary/aromatic N) is 3. The molecule has 6 aliphatic heterocycles. The number of rotatable bonds is 19. The second-order valence-electron chi connectivity index (χ2n) is 19.7. The zero-order valence-corrected chi connectivity index (χ0v) is 44.6. The van der Waals surface area contributed by atoms with E-state index in [1.807, 2.05) is 0 Å². The van der Waals surface area contributed by atoms with Gasteiger partial charge in [0.05, 0.1) is 33.4 Å². The summed E-state index contributed by atoms with van der Waals surface area (Å²) < 4.78 is 13.2. The van der Waals surface area contributed by atoms with Gasteiger partial charge in [-0.2, -0.15) is 0 Å². The molecule has 12 amide bonds. The van der Waals surface area contributed by atoms with E-state index in [1.165, 1.54) is 44.6 Å². The van der Waals surface area contributed by atoms with Crippen molar-refractivity contribution in [2.24, 2.45) is 11.5 Å². The molecule has 0 spiro atoms. The van der Waals surface area contributed by atoms with E-state index in [1.54, 1.807) is 36.4 Å². The number of unbranched alkanes of at least 4 members (excludes halogenated alkanes) is 8. The first kappa shape index (κ1) is 60.2. The van der Waals surface area contributed by atoms with Crippen LogP contribution < -0.4 is 38.1 Å². The molecule has 3 fully saturated rings. The van der Waals surface area contributed by atoms with E-state index in [0.717, 1.165) is 89.9 Å². The number of imide groups is 6. The SMILES string of the molecule is CCCCCCN.CCCCCCNc1ccc2c(c1)C(=O)N(C1CCC(=O)NC1=O)C2=O.NCCCCCNc1ccc2c(c1)C(=O)N(C1CCC(=O)NC1=O)C2=O.O=C1CCC(N2C(=O)c3ccc(F)cc3C2=O)C(=O)N1. The van der Waals surface area contributed by atoms with Gasteiger partial charge in [-0.15, -0.1) is 0 Å². The van der Waals surface area contributed by atoms with E-state index in [2.05, 4.69) is 40.4 Å². The first-order valence-corrected chi connectivity index (χ1v) is 27.1. The summed E-state index contributed by atoms with van der Waals surface area (Å²) in [5.74, 6) is -7.00. The molecule has 22 nitrogen and oxygen atoms in total. The summed E-state index contributed by atoms with van der Waals surface area (Å²) in [4.78, 5) is 147. The van der Waals surface area contributed by atoms with Crippen molar-refractivity contribution < 1.29 is 61.9 Å². The van der Waals surface area contributed by atoms with Crippen molar-refractivity contribution in [1.82, 2.24) is 30.7 Å². The number of hydrogen-bond donors (Lipinski definition) is 7. The number of carbonyl (C=O) groups excluding carboxylic acids is 12. The molecule has 6 aliphatic rings. The monoisotopic (exact) mass is 1090 g/mol. The maximum atomic E-state index is 13.2. The highest BCUT2D eigenvalue weighted by atomic mass is 19.1. The Hall–Kier alpha value is -8.05. The summed E-state index contributed by atoms with van der Waals surface area (Å²) in [5, 5.41) is 13.0. The third-order valence-corrected chi connectivity index (χ3v) is 13.9. The Labute approximate surface area is 456 Å². The molecular formula is C56H69FN10O12. The molecule has 6 heterocycles. The third kappa shape index (κ3) is 14.8. The topological polar surface area (TPSA) is 327 Å². The molecule has 0 bridgehead atoms. The molecule has 3 aromatic rings. The van der Waals surface area contributed by atoms with Crippen LogP contribution in [0, 0.1) is 5.82 Å². The van der Waals surface area contributed by atoms with Crippen LogP contribution in [0.3, 0.4) is 0 Å². The van der Waals surface area contributed by atoms with Gasteiger partial charge in [0, 0.05) is 43.7 Å². The van der Waals surface area contributed by atoms with Gasteiger partial charge in [0.15, 0.2) is 0 Å². The number of carbonyl (C=O) groups is 12. The normalized spacial score (nSPS) is 19.3. The number of nitrogens with two attached hydrogens (primary N) is 2. The average Bonchev–Trinajstić information content (AvgIpc) is 4.08. The molecule has 3 aromatic carbocycles. The molecule has 9 rings (SSSR count). The van der Waals surface area contributed by atoms with Gasteiger partial charge >= 0.3 is 0 Å². The fraction of sp³-hybridized carbons (Fsp3) is 0.464. The standard InChI is InChI=1S/C19H23N3O4.C18H22N4O4.C13H9FN2O4.C6H15N/c1-2-3-4-5-10-20-12-6-7-13-14(11-12)19(26)22(18(13)25)15-8-9-16(23)21-17(15)24;19-8-2-1-3-9-20-11-4-5-12-13(10-11)18(26)22(17(12)25)14-6-7-15(23)21-16(14)24;14-6-1-2-7-8(5-6)13(20)16(12(7)19)9-3-4-10(17)15-11(9)18;1-2-3-4-5-6-7/h6-7,11,15,20H,2-5,8-10H2,1H3,(H,21,23,24);4-5,10,14,20H,1-3,6-9,19H2,(H,21,23,24);1-2,5,9H,3-4H2,(H,15,17,18);2-7H2,1H3. The number of anilines is 2. The van der Waals surface area contributed by atoms with Crippen LogP contribution in [-0.4, -0.2) is 130 Å². The summed E-state index contributed by atoms with van der Waals surface area (Å²) in [7, 11) is 0. The van der Waals surface area contributed by atoms with E-state index in [0.29, 0.717) is 17.7 Å². The Morgan fingerprint density at radius 2 is 0.747 bits per heavy atom. The molecule has 3 unspecified atom stereocenters. The molecule has 422 valence electrons. The van der Waals surface area contributed by atoms with Gasteiger partial charge in [-0.05, 0) is 113 Å². The molecule has 0 saturated carbocycles. The number of nitrogens with one attached hydrogen (secondary N) is 5. The van der Waals surface area contributed by atoms with Crippen molar-refractivity contribution in [3.8, 4) is 0 Å². The van der Waals surface area contributed by atoms with Crippen molar-refractivity contribution in [2.45, 2.75) is 141 Å². The van der Waals surface area contributed by atoms with Gasteiger partial charge in [0.2, 0.25) is 35.4 Å². The van der Waals surface area contributed by atoms with Crippen LogP contribution in [0.25, 0.3) is 0 Å². The quantitative estimate of drug-likeness (QED) is 0.0644. The molecule has 23 heteroatoms. The average molecular weight is 1090 g/mol. The predicted octanol–water partition coefficient (Wildman–Crippen LogP) is 4.46. The first-order valence-electron chi connectivity index (χ1n) is 27.1. The fourth-order valence-corrected chi connectivity index (χ4v) is 9.64. The molecule has 3 saturated heterocycles. The van der Waals surface area contributed by atoms with Crippen molar-refractivity contribution in [1.29, 1.82) is 0 Å². The van der Waals surface area contributed by atoms with Crippen molar-refractivity contribution in [2.75, 3.05) is 36.8 Å². The lowest BCUT2D eigenvalue weighted by molar-refractivity contribution is -0.137. The molecule has 0 radical (unpaired) electrons. The van der Waals surface area contributed by atoms with Gasteiger partial charge in [0.25, 0.3) is 35.4 Å². The predicted molar refractivity (Wildman–Crippen MR) is 287 cm³/mol. The molecule has 79 heavy (non-hydrogen) atoms. The zero-order valence-electron chi connectivity index (χ0n) is 44.6. The lowest BCUT2D eigenvalue weighted by Gasteiger charge is -2.27. The minimum atomic E-state index is -1.02. The number of amides is 12. The Morgan fingerprint density at radius 1 is 0.430 bits per heavy atom. The Balaban J connectivity index is 0.000000182. The van der Waals surface area contributed by atoms with Crippen LogP contribution in [-0.2, 0) is 28.8 Å². The maximum absolute atomic E-state index is 13.2. The van der Waals surface area contributed by atoms with Crippen LogP contribution in [0.4, 0.5) is 15.8 Å². The van der Waals surface area contributed by atoms with E-state index < -0.39 is 83.0 Å². The van der Waals surface area contributed by atoms with Crippen LogP contribution in [0.1, 0.15) is 185 Å². The number of piperidine rings is 3. The number of halogens is 1. The summed E-state index contributed by atoms with van der Waals surface area (Å²) in [6.07, 6.45) is 13.4. The van der Waals surface area contributed by atoms with E-state index >= 15 is 0 Å². The van der Waals surface area contributed by atoms with Gasteiger partial charge in [-0.25, -0.2) is 4.39 Å². The summed E-state index contributed by atoms with van der Waals surface area (Å²) in [6, 6.07) is 10.4. The van der Waals surface area contributed by atoms with Crippen LogP contribution >= 0.6 is 0 Å². The molecule has 0 aliphatic carbocycles. The number of fused-ring (bicyclic) bond motifs is 3. The minimum Gasteiger partial charge on any atom is -0.385 e. The number of hydrogen-bond acceptors (Lipinski definition) is 16. The molecule has 0 aromatic heterocycles. The summed E-state index contributed by atoms with van der Waals surface area (Å²) in [6.45, 7) is 7.45. The summed E-state index contributed by atoms with van der Waals surface area (Å²) >= 11 is 0. The number of benzene rings is 3. The van der Waals surface area contributed by atoms with Gasteiger partial charge in [0.1, 0.15) is 23.9 Å². The van der Waals surface area contributed by atoms with Gasteiger partial charge < -0.3 is 22.1 Å². The Morgan fingerprint density at radius 3 is 1.09 bits per heavy atom. The second-order valence-corrected chi connectivity index (χ2v) is 19.7. The largest absolute Gasteiger partial charge is 0.385 e. The van der Waals surface area contributed by atoms with Crippen LogP contribution in [0.2, 0.25) is 0 Å². The van der Waals surface area contributed by atoms with Crippen LogP contribution in [0.5, 0.6) is 0 Å². The molecule has 3 atom stereocenters. The van der Waals surface area contributed by atoms with Crippen LogP contribution in [0.15, 0.2) is 54.6 Å². The molecular weight excluding hydrogens is 1020 g/mol. The highest BCUT2D eigenvalue weighted by molar-refractivity contribution is 6.25. The highest BCUT2D eigenvalue weighted by Crippen LogP contribution is 2.32. The zero-order chi connectivity index (χ0) is 57.3. The van der Waals surface area contributed by atoms with E-state index in [-0.39, 0.29) is 72.6 Å². The Bertz CT molecular complexity index is 2740. The van der Waals surface area contributed by atoms with Crippen molar-refractivity contribution in [3.05, 3.63) is 93.8 Å². The van der Waals surface area contributed by atoms with E-state index in [9.17, 15) is 61.9 Å². The molecule has 9 N–H and O–H groups in total. The van der Waals surface area contributed by atoms with E-state index in [4.69, 9.17) is 11.5 Å². The minimum absolute atomic E-state index is 0.0537. The first-order chi connectivity index (χ1) is 37.9. The lowest BCUT2D eigenvalue weighted by Crippen LogP contribution is -2.54. The fourth-order valence-electron chi connectivity index (χ4n) is 9.64. The van der Waals surface area contributed by atoms with Crippen molar-refractivity contribution >= 4 is 82.3 Å². The highest BCUT2D eigenvalue weighted by Gasteiger charge is 2.47. The second kappa shape index (κ2) is 28.5.